The molecule has 10 heteroatoms. The first-order valence-electron chi connectivity index (χ1n) is 15.8. The summed E-state index contributed by atoms with van der Waals surface area (Å²) >= 11 is 1.60. The van der Waals surface area contributed by atoms with Crippen LogP contribution in [0.1, 0.15) is 117 Å². The first-order chi connectivity index (χ1) is 19.9. The summed E-state index contributed by atoms with van der Waals surface area (Å²) in [6, 6.07) is 0. The van der Waals surface area contributed by atoms with Crippen molar-refractivity contribution in [3.63, 3.8) is 0 Å². The smallest absolute Gasteiger partial charge is 0.416 e. The monoisotopic (exact) mass is 599 g/mol. The molecule has 0 spiro atoms. The van der Waals surface area contributed by atoms with Gasteiger partial charge in [-0.05, 0) is 11.8 Å². The predicted octanol–water partition coefficient (Wildman–Crippen LogP) is 7.45. The Hall–Kier alpha value is -1.94. The Balaban J connectivity index is 2.01. The summed E-state index contributed by atoms with van der Waals surface area (Å²) in [5.74, 6) is 0.376. The fourth-order valence-corrected chi connectivity index (χ4v) is 5.46. The molecule has 1 aliphatic rings. The molecule has 1 unspecified atom stereocenters. The van der Waals surface area contributed by atoms with Gasteiger partial charge in [0.1, 0.15) is 19.3 Å². The van der Waals surface area contributed by atoms with Crippen LogP contribution in [0.3, 0.4) is 0 Å². The van der Waals surface area contributed by atoms with E-state index in [0.29, 0.717) is 6.54 Å². The van der Waals surface area contributed by atoms with E-state index in [9.17, 15) is 14.4 Å². The highest BCUT2D eigenvalue weighted by Crippen LogP contribution is 2.22. The molecule has 1 heterocycles. The Morgan fingerprint density at radius 1 is 0.878 bits per heavy atom. The van der Waals surface area contributed by atoms with Gasteiger partial charge in [0.2, 0.25) is 5.91 Å². The van der Waals surface area contributed by atoms with Gasteiger partial charge in [0.05, 0.1) is 12.4 Å². The maximum Gasteiger partial charge on any atom is 0.416 e. The second kappa shape index (κ2) is 24.6. The number of alkyl carbamates (subject to hydrolysis) is 1. The molecule has 0 aliphatic carbocycles. The van der Waals surface area contributed by atoms with Crippen LogP contribution in [0.15, 0.2) is 11.1 Å². The van der Waals surface area contributed by atoms with Crippen LogP contribution in [0.5, 0.6) is 0 Å². The minimum Gasteiger partial charge on any atom is -0.447 e. The molecule has 9 nitrogen and oxygen atoms in total. The SMILES string of the molecule is CCCCCCCCCCCCCCCCCCNC(=O)OCC(COC(=O)N(CC1=CSCN1C)C(C)=O)OC. The lowest BCUT2D eigenvalue weighted by Gasteiger charge is -2.24. The van der Waals surface area contributed by atoms with E-state index in [1.165, 1.54) is 104 Å². The van der Waals surface area contributed by atoms with Crippen molar-refractivity contribution in [2.75, 3.05) is 46.3 Å². The van der Waals surface area contributed by atoms with E-state index in [1.807, 2.05) is 17.4 Å². The van der Waals surface area contributed by atoms with Crippen LogP contribution in [-0.2, 0) is 19.0 Å². The van der Waals surface area contributed by atoms with E-state index < -0.39 is 24.2 Å². The molecule has 238 valence electrons. The van der Waals surface area contributed by atoms with Crippen LogP contribution in [0.2, 0.25) is 0 Å². The Kier molecular flexibility index (Phi) is 22.3. The van der Waals surface area contributed by atoms with Crippen LogP contribution in [0.4, 0.5) is 9.59 Å². The van der Waals surface area contributed by atoms with Gasteiger partial charge < -0.3 is 24.4 Å². The number of imide groups is 1. The van der Waals surface area contributed by atoms with Crippen LogP contribution in [-0.4, -0.2) is 80.3 Å². The number of nitrogens with one attached hydrogen (secondary N) is 1. The van der Waals surface area contributed by atoms with Crippen molar-refractivity contribution < 1.29 is 28.6 Å². The van der Waals surface area contributed by atoms with E-state index >= 15 is 0 Å². The Labute approximate surface area is 253 Å². The number of likely N-dealkylation sites (N-methyl/N-ethyl adjacent to an activating group) is 1. The highest BCUT2D eigenvalue weighted by Gasteiger charge is 2.25. The molecule has 3 amide bonds. The number of hydrogen-bond donors (Lipinski definition) is 1. The average Bonchev–Trinajstić information content (AvgIpc) is 3.37. The Morgan fingerprint density at radius 3 is 1.85 bits per heavy atom. The van der Waals surface area contributed by atoms with Crippen molar-refractivity contribution in [3.8, 4) is 0 Å². The lowest BCUT2D eigenvalue weighted by atomic mass is 10.0. The second-order valence-electron chi connectivity index (χ2n) is 11.0. The van der Waals surface area contributed by atoms with Gasteiger partial charge in [-0.3, -0.25) is 4.79 Å². The molecule has 1 atom stereocenters. The topological polar surface area (TPSA) is 97.4 Å². The standard InChI is InChI=1S/C31H57N3O6S/c1-5-6-7-8-9-10-11-12-13-14-15-16-17-18-19-20-21-32-30(36)39-23-29(38-4)24-40-31(37)34(27(2)35)22-28-25-41-26-33(28)3/h25,29H,5-24,26H2,1-4H3,(H,32,36). The van der Waals surface area contributed by atoms with E-state index in [4.69, 9.17) is 14.2 Å². The Bertz CT molecular complexity index is 751. The lowest BCUT2D eigenvalue weighted by Crippen LogP contribution is -2.40. The molecule has 1 rings (SSSR count). The molecule has 0 saturated heterocycles. The van der Waals surface area contributed by atoms with Gasteiger partial charge in [-0.2, -0.15) is 0 Å². The van der Waals surface area contributed by atoms with Crippen molar-refractivity contribution in [2.45, 2.75) is 123 Å². The van der Waals surface area contributed by atoms with Gasteiger partial charge in [-0.15, -0.1) is 11.8 Å². The van der Waals surface area contributed by atoms with Crippen LogP contribution < -0.4 is 5.32 Å². The summed E-state index contributed by atoms with van der Waals surface area (Å²) in [6.45, 7) is 4.12. The zero-order valence-electron chi connectivity index (χ0n) is 26.3. The summed E-state index contributed by atoms with van der Waals surface area (Å²) in [5.41, 5.74) is 0.870. The number of thioether (sulfide) groups is 1. The van der Waals surface area contributed by atoms with Gasteiger partial charge in [-0.1, -0.05) is 103 Å². The number of unbranched alkanes of at least 4 members (excludes halogenated alkanes) is 15. The fraction of sp³-hybridized carbons (Fsp3) is 0.839. The molecule has 0 aromatic heterocycles. The number of carbonyl (C=O) groups excluding carboxylic acids is 3. The molecule has 1 aliphatic heterocycles. The highest BCUT2D eigenvalue weighted by molar-refractivity contribution is 8.02. The quantitative estimate of drug-likeness (QED) is 0.114. The van der Waals surface area contributed by atoms with Crippen molar-refractivity contribution in [1.29, 1.82) is 0 Å². The van der Waals surface area contributed by atoms with Gasteiger partial charge >= 0.3 is 12.2 Å². The maximum absolute atomic E-state index is 12.5. The van der Waals surface area contributed by atoms with E-state index in [1.54, 1.807) is 11.8 Å². The number of hydrogen-bond acceptors (Lipinski definition) is 8. The second-order valence-corrected chi connectivity index (χ2v) is 11.8. The largest absolute Gasteiger partial charge is 0.447 e. The van der Waals surface area contributed by atoms with Crippen LogP contribution >= 0.6 is 11.8 Å². The lowest BCUT2D eigenvalue weighted by molar-refractivity contribution is -0.127. The number of rotatable bonds is 24. The van der Waals surface area contributed by atoms with E-state index in [2.05, 4.69) is 12.2 Å². The van der Waals surface area contributed by atoms with Gasteiger partial charge in [0.25, 0.3) is 0 Å². The number of methoxy groups -OCH3 is 1. The molecule has 1 N–H and O–H groups in total. The number of ether oxygens (including phenoxy) is 3. The van der Waals surface area contributed by atoms with Gasteiger partial charge in [-0.25, -0.2) is 14.5 Å². The minimum absolute atomic E-state index is 0.0564. The third kappa shape index (κ3) is 19.0. The summed E-state index contributed by atoms with van der Waals surface area (Å²) < 4.78 is 15.8. The third-order valence-electron chi connectivity index (χ3n) is 7.32. The molecule has 0 aromatic carbocycles. The van der Waals surface area contributed by atoms with Crippen LogP contribution in [0, 0.1) is 0 Å². The normalized spacial score (nSPS) is 13.6. The first kappa shape index (κ1) is 37.1. The number of amides is 3. The number of nitrogens with zero attached hydrogens (tertiary/aromatic N) is 2. The average molecular weight is 600 g/mol. The van der Waals surface area contributed by atoms with Crippen molar-refractivity contribution in [2.24, 2.45) is 0 Å². The Morgan fingerprint density at radius 2 is 1.39 bits per heavy atom. The molecule has 41 heavy (non-hydrogen) atoms. The highest BCUT2D eigenvalue weighted by atomic mass is 32.2. The minimum atomic E-state index is -0.751. The third-order valence-corrected chi connectivity index (χ3v) is 8.30. The first-order valence-corrected chi connectivity index (χ1v) is 16.8. The zero-order valence-corrected chi connectivity index (χ0v) is 27.1. The molecule has 0 aromatic rings. The number of carbonyl (C=O) groups is 3. The van der Waals surface area contributed by atoms with E-state index in [-0.39, 0.29) is 19.8 Å². The molecule has 0 fully saturated rings. The van der Waals surface area contributed by atoms with Gasteiger partial charge in [0.15, 0.2) is 0 Å². The summed E-state index contributed by atoms with van der Waals surface area (Å²) in [7, 11) is 3.36. The summed E-state index contributed by atoms with van der Waals surface area (Å²) in [5, 5.41) is 4.69. The molecule has 0 radical (unpaired) electrons. The van der Waals surface area contributed by atoms with Crippen LogP contribution in [0.25, 0.3) is 0 Å². The summed E-state index contributed by atoms with van der Waals surface area (Å²) in [4.78, 5) is 39.5. The van der Waals surface area contributed by atoms with E-state index in [0.717, 1.165) is 29.3 Å². The predicted molar refractivity (Wildman–Crippen MR) is 167 cm³/mol. The summed E-state index contributed by atoms with van der Waals surface area (Å²) in [6.07, 6.45) is 19.1. The fourth-order valence-electron chi connectivity index (χ4n) is 4.55. The molecule has 0 saturated carbocycles. The molecule has 0 bridgehead atoms. The van der Waals surface area contributed by atoms with Crippen molar-refractivity contribution in [3.05, 3.63) is 11.1 Å². The zero-order chi connectivity index (χ0) is 30.1. The molecular weight excluding hydrogens is 542 g/mol. The van der Waals surface area contributed by atoms with Gasteiger partial charge in [0, 0.05) is 33.3 Å². The van der Waals surface area contributed by atoms with Crippen molar-refractivity contribution in [1.82, 2.24) is 15.1 Å². The molecular formula is C31H57N3O6S. The maximum atomic E-state index is 12.5. The van der Waals surface area contributed by atoms with Crippen molar-refractivity contribution >= 4 is 29.9 Å².